The van der Waals surface area contributed by atoms with Gasteiger partial charge in [0.05, 0.1) is 11.1 Å². The minimum absolute atomic E-state index is 0.0340. The molecule has 20 heavy (non-hydrogen) atoms. The van der Waals surface area contributed by atoms with Gasteiger partial charge in [-0.2, -0.15) is 0 Å². The van der Waals surface area contributed by atoms with Crippen LogP contribution < -0.4 is 0 Å². The topological polar surface area (TPSA) is 64.3 Å². The maximum atomic E-state index is 13.2. The first-order valence-corrected chi connectivity index (χ1v) is 5.77. The van der Waals surface area contributed by atoms with Crippen molar-refractivity contribution in [1.29, 1.82) is 0 Å². The fraction of sp³-hybridized carbons (Fsp3) is 0. The molecule has 0 spiro atoms. The molecule has 0 radical (unpaired) electrons. The second kappa shape index (κ2) is 4.38. The lowest BCUT2D eigenvalue weighted by atomic mass is 9.93. The standard InChI is InChI=1S/C15H7FO4/c16-10-6-11-12(15(19)14(10)18)9(7-20-11)13(17)8-4-2-1-3-5-8/h1-7H. The Hall–Kier alpha value is -2.82. The largest absolute Gasteiger partial charge is 0.463 e. The number of carbonyl (C=O) groups is 3. The third kappa shape index (κ3) is 1.72. The highest BCUT2D eigenvalue weighted by Gasteiger charge is 2.34. The third-order valence-corrected chi connectivity index (χ3v) is 3.01. The van der Waals surface area contributed by atoms with Gasteiger partial charge in [-0.05, 0) is 0 Å². The molecule has 0 saturated heterocycles. The Bertz CT molecular complexity index is 768. The summed E-state index contributed by atoms with van der Waals surface area (Å²) in [4.78, 5) is 35.4. The van der Waals surface area contributed by atoms with Gasteiger partial charge in [0.25, 0.3) is 5.78 Å². The van der Waals surface area contributed by atoms with Crippen molar-refractivity contribution in [2.75, 3.05) is 0 Å². The molecule has 1 aromatic carbocycles. The van der Waals surface area contributed by atoms with Gasteiger partial charge >= 0.3 is 0 Å². The van der Waals surface area contributed by atoms with E-state index in [1.54, 1.807) is 30.3 Å². The van der Waals surface area contributed by atoms with Crippen LogP contribution in [0.25, 0.3) is 6.08 Å². The maximum Gasteiger partial charge on any atom is 0.262 e. The molecule has 98 valence electrons. The zero-order valence-corrected chi connectivity index (χ0v) is 10.1. The quantitative estimate of drug-likeness (QED) is 0.621. The van der Waals surface area contributed by atoms with Crippen molar-refractivity contribution in [3.63, 3.8) is 0 Å². The van der Waals surface area contributed by atoms with Crippen molar-refractivity contribution in [3.8, 4) is 0 Å². The number of hydrogen-bond acceptors (Lipinski definition) is 4. The van der Waals surface area contributed by atoms with Crippen molar-refractivity contribution in [2.45, 2.75) is 0 Å². The van der Waals surface area contributed by atoms with Gasteiger partial charge in [-0.15, -0.1) is 0 Å². The normalized spacial score (nSPS) is 13.9. The van der Waals surface area contributed by atoms with Crippen molar-refractivity contribution in [3.05, 3.63) is 64.9 Å². The van der Waals surface area contributed by atoms with Gasteiger partial charge < -0.3 is 4.42 Å². The number of rotatable bonds is 2. The van der Waals surface area contributed by atoms with Crippen LogP contribution >= 0.6 is 0 Å². The van der Waals surface area contributed by atoms with Gasteiger partial charge in [0.2, 0.25) is 5.78 Å². The number of allylic oxidation sites excluding steroid dienone is 1. The predicted octanol–water partition coefficient (Wildman–Crippen LogP) is 2.59. The monoisotopic (exact) mass is 270 g/mol. The van der Waals surface area contributed by atoms with E-state index in [0.29, 0.717) is 5.56 Å². The molecular formula is C15H7FO4. The molecule has 0 saturated carbocycles. The summed E-state index contributed by atoms with van der Waals surface area (Å²) < 4.78 is 18.2. The van der Waals surface area contributed by atoms with Crippen LogP contribution in [-0.2, 0) is 4.79 Å². The smallest absolute Gasteiger partial charge is 0.262 e. The number of hydrogen-bond donors (Lipinski definition) is 0. The summed E-state index contributed by atoms with van der Waals surface area (Å²) in [5, 5.41) is 0. The first-order valence-electron chi connectivity index (χ1n) is 5.77. The van der Waals surface area contributed by atoms with Crippen LogP contribution in [0.15, 0.2) is 46.8 Å². The van der Waals surface area contributed by atoms with E-state index in [4.69, 9.17) is 4.42 Å². The van der Waals surface area contributed by atoms with E-state index in [1.165, 1.54) is 0 Å². The van der Waals surface area contributed by atoms with Gasteiger partial charge in [-0.1, -0.05) is 30.3 Å². The first kappa shape index (κ1) is 12.2. The van der Waals surface area contributed by atoms with Crippen LogP contribution in [0, 0.1) is 0 Å². The molecule has 0 bridgehead atoms. The Balaban J connectivity index is 2.13. The van der Waals surface area contributed by atoms with Crippen molar-refractivity contribution >= 4 is 23.4 Å². The van der Waals surface area contributed by atoms with Crippen molar-refractivity contribution in [2.24, 2.45) is 0 Å². The van der Waals surface area contributed by atoms with Gasteiger partial charge in [0, 0.05) is 11.6 Å². The minimum Gasteiger partial charge on any atom is -0.463 e. The molecule has 0 unspecified atom stereocenters. The van der Waals surface area contributed by atoms with Crippen LogP contribution in [0.4, 0.5) is 4.39 Å². The molecule has 1 aliphatic carbocycles. The molecule has 4 nitrogen and oxygen atoms in total. The molecule has 3 rings (SSSR count). The van der Waals surface area contributed by atoms with E-state index >= 15 is 0 Å². The predicted molar refractivity (Wildman–Crippen MR) is 67.0 cm³/mol. The molecule has 2 aromatic rings. The molecular weight excluding hydrogens is 263 g/mol. The zero-order chi connectivity index (χ0) is 14.3. The highest BCUT2D eigenvalue weighted by atomic mass is 19.1. The second-order valence-electron chi connectivity index (χ2n) is 4.23. The van der Waals surface area contributed by atoms with Crippen molar-refractivity contribution < 1.29 is 23.2 Å². The summed E-state index contributed by atoms with van der Waals surface area (Å²) in [6.07, 6.45) is 1.89. The van der Waals surface area contributed by atoms with E-state index < -0.39 is 23.2 Å². The third-order valence-electron chi connectivity index (χ3n) is 3.01. The molecule has 1 heterocycles. The lowest BCUT2D eigenvalue weighted by Crippen LogP contribution is -2.21. The van der Waals surface area contributed by atoms with E-state index in [-0.39, 0.29) is 16.9 Å². The number of fused-ring (bicyclic) bond motifs is 1. The summed E-state index contributed by atoms with van der Waals surface area (Å²) in [5.41, 5.74) is 0.143. The number of furan rings is 1. The lowest BCUT2D eigenvalue weighted by molar-refractivity contribution is -0.113. The summed E-state index contributed by atoms with van der Waals surface area (Å²) in [6.45, 7) is 0. The van der Waals surface area contributed by atoms with Crippen LogP contribution in [-0.4, -0.2) is 17.3 Å². The number of ketones is 3. The van der Waals surface area contributed by atoms with E-state index in [2.05, 4.69) is 0 Å². The lowest BCUT2D eigenvalue weighted by Gasteiger charge is -2.06. The second-order valence-corrected chi connectivity index (χ2v) is 4.23. The summed E-state index contributed by atoms with van der Waals surface area (Å²) in [6, 6.07) is 8.24. The average Bonchev–Trinajstić information content (AvgIpc) is 2.88. The Morgan fingerprint density at radius 3 is 2.45 bits per heavy atom. The summed E-state index contributed by atoms with van der Waals surface area (Å²) in [7, 11) is 0. The maximum absolute atomic E-state index is 13.2. The SMILES string of the molecule is O=C1C(=O)c2c(C(=O)c3ccccc3)coc2C=C1F. The molecule has 1 aliphatic rings. The number of carbonyl (C=O) groups excluding carboxylic acids is 3. The molecule has 0 atom stereocenters. The van der Waals surface area contributed by atoms with Gasteiger partial charge in [-0.3, -0.25) is 14.4 Å². The summed E-state index contributed by atoms with van der Waals surface area (Å²) >= 11 is 0. The van der Waals surface area contributed by atoms with Crippen molar-refractivity contribution in [1.82, 2.24) is 0 Å². The zero-order valence-electron chi connectivity index (χ0n) is 10.1. The van der Waals surface area contributed by atoms with Gasteiger partial charge in [-0.25, -0.2) is 4.39 Å². The van der Waals surface area contributed by atoms with E-state index in [9.17, 15) is 18.8 Å². The Kier molecular flexibility index (Phi) is 2.68. The van der Waals surface area contributed by atoms with Crippen LogP contribution in [0.3, 0.4) is 0 Å². The van der Waals surface area contributed by atoms with Gasteiger partial charge in [0.1, 0.15) is 12.0 Å². The number of benzene rings is 1. The fourth-order valence-electron chi connectivity index (χ4n) is 2.03. The Labute approximate surface area is 112 Å². The number of Topliss-reactive ketones (excluding diaryl/α,β-unsaturated/α-hetero) is 2. The average molecular weight is 270 g/mol. The molecule has 1 aromatic heterocycles. The number of halogens is 1. The Morgan fingerprint density at radius 2 is 1.75 bits per heavy atom. The molecule has 0 fully saturated rings. The Morgan fingerprint density at radius 1 is 1.05 bits per heavy atom. The summed E-state index contributed by atoms with van der Waals surface area (Å²) in [5.74, 6) is -4.07. The van der Waals surface area contributed by atoms with Crippen LogP contribution in [0.5, 0.6) is 0 Å². The molecule has 0 N–H and O–H groups in total. The molecule has 0 amide bonds. The highest BCUT2D eigenvalue weighted by Crippen LogP contribution is 2.28. The van der Waals surface area contributed by atoms with Crippen LogP contribution in [0.1, 0.15) is 32.0 Å². The molecule has 0 aliphatic heterocycles. The first-order chi connectivity index (χ1) is 9.59. The van der Waals surface area contributed by atoms with E-state index in [0.717, 1.165) is 12.3 Å². The van der Waals surface area contributed by atoms with Gasteiger partial charge in [0.15, 0.2) is 11.6 Å². The van der Waals surface area contributed by atoms with Crippen LogP contribution in [0.2, 0.25) is 0 Å². The minimum atomic E-state index is -1.26. The highest BCUT2D eigenvalue weighted by molar-refractivity contribution is 6.52. The van der Waals surface area contributed by atoms with E-state index in [1.807, 2.05) is 0 Å². The fourth-order valence-corrected chi connectivity index (χ4v) is 2.03. The molecule has 5 heteroatoms.